The van der Waals surface area contributed by atoms with Crippen LogP contribution in [-0.2, 0) is 0 Å². The summed E-state index contributed by atoms with van der Waals surface area (Å²) in [6.07, 6.45) is -0.347. The third-order valence-corrected chi connectivity index (χ3v) is 4.38. The molecule has 1 N–H and O–H groups in total. The van der Waals surface area contributed by atoms with E-state index in [1.807, 2.05) is 0 Å². The number of aliphatic hydroxyl groups excluding tert-OH is 1. The average molecular weight is 341 g/mol. The van der Waals surface area contributed by atoms with Crippen molar-refractivity contribution < 1.29 is 9.90 Å². The third-order valence-electron chi connectivity index (χ3n) is 2.04. The van der Waals surface area contributed by atoms with Gasteiger partial charge in [-0.2, -0.15) is 0 Å². The van der Waals surface area contributed by atoms with Crippen molar-refractivity contribution in [1.29, 1.82) is 0 Å². The monoisotopic (exact) mass is 339 g/mol. The van der Waals surface area contributed by atoms with Gasteiger partial charge in [-0.05, 0) is 37.9 Å². The molecule has 14 heavy (non-hydrogen) atoms. The van der Waals surface area contributed by atoms with Crippen LogP contribution in [-0.4, -0.2) is 35.1 Å². The molecule has 0 saturated carbocycles. The van der Waals surface area contributed by atoms with Gasteiger partial charge in [0.15, 0.2) is 0 Å². The quantitative estimate of drug-likeness (QED) is 0.850. The Labute approximate surface area is 102 Å². The van der Waals surface area contributed by atoms with Crippen molar-refractivity contribution >= 4 is 49.1 Å². The summed E-state index contributed by atoms with van der Waals surface area (Å²) in [7, 11) is 0. The molecule has 6 heteroatoms. The Hall–Kier alpha value is 0.0900. The van der Waals surface area contributed by atoms with Crippen LogP contribution in [0.1, 0.15) is 10.4 Å². The van der Waals surface area contributed by atoms with Crippen molar-refractivity contribution in [3.8, 4) is 0 Å². The molecule has 0 aromatic carbocycles. The number of likely N-dealkylation sites (tertiary alicyclic amines) is 1. The molecule has 0 radical (unpaired) electrons. The van der Waals surface area contributed by atoms with E-state index < -0.39 is 0 Å². The summed E-state index contributed by atoms with van der Waals surface area (Å²) < 4.78 is 1.75. The molecular weight excluding hydrogens is 334 g/mol. The Morgan fingerprint density at radius 1 is 1.57 bits per heavy atom. The van der Waals surface area contributed by atoms with Crippen LogP contribution in [0.2, 0.25) is 0 Å². The molecule has 1 aliphatic rings. The maximum Gasteiger partial charge on any atom is 0.256 e. The Bertz CT molecular complexity index is 373. The maximum absolute atomic E-state index is 11.8. The first-order valence-corrected chi connectivity index (χ1v) is 6.40. The summed E-state index contributed by atoms with van der Waals surface area (Å²) in [6, 6.07) is 1.79. The molecule has 0 spiro atoms. The second-order valence-corrected chi connectivity index (χ2v) is 6.85. The molecule has 1 fully saturated rings. The number of thiophene rings is 1. The lowest BCUT2D eigenvalue weighted by Crippen LogP contribution is -2.53. The summed E-state index contributed by atoms with van der Waals surface area (Å²) in [4.78, 5) is 13.4. The van der Waals surface area contributed by atoms with E-state index in [0.29, 0.717) is 18.7 Å². The Morgan fingerprint density at radius 2 is 2.21 bits per heavy atom. The van der Waals surface area contributed by atoms with Crippen LogP contribution in [0.4, 0.5) is 0 Å². The molecule has 1 amide bonds. The first-order chi connectivity index (χ1) is 6.58. The molecule has 2 rings (SSSR count). The van der Waals surface area contributed by atoms with Crippen LogP contribution in [0.15, 0.2) is 13.6 Å². The predicted octanol–water partition coefficient (Wildman–Crippen LogP) is 2.09. The fourth-order valence-electron chi connectivity index (χ4n) is 1.28. The van der Waals surface area contributed by atoms with Crippen molar-refractivity contribution in [2.75, 3.05) is 13.1 Å². The van der Waals surface area contributed by atoms with Crippen molar-refractivity contribution in [2.24, 2.45) is 0 Å². The topological polar surface area (TPSA) is 40.5 Å². The lowest BCUT2D eigenvalue weighted by atomic mass is 10.1. The molecule has 1 aliphatic heterocycles. The summed E-state index contributed by atoms with van der Waals surface area (Å²) in [6.45, 7) is 0.886. The number of halogens is 2. The fourth-order valence-corrected chi connectivity index (χ4v) is 4.06. The van der Waals surface area contributed by atoms with Crippen molar-refractivity contribution in [2.45, 2.75) is 6.10 Å². The highest BCUT2D eigenvalue weighted by atomic mass is 79.9. The normalized spacial score (nSPS) is 16.9. The van der Waals surface area contributed by atoms with Crippen LogP contribution in [0.5, 0.6) is 0 Å². The number of hydrogen-bond donors (Lipinski definition) is 1. The van der Waals surface area contributed by atoms with E-state index in [2.05, 4.69) is 31.9 Å². The van der Waals surface area contributed by atoms with Gasteiger partial charge < -0.3 is 10.0 Å². The lowest BCUT2D eigenvalue weighted by molar-refractivity contribution is 0.00587. The molecule has 0 aliphatic carbocycles. The predicted molar refractivity (Wildman–Crippen MR) is 61.6 cm³/mol. The standard InChI is InChI=1S/C8H7Br2NO2S/c9-6-1-5(7(10)14-6)8(13)11-2-4(12)3-11/h1,4,12H,2-3H2. The second-order valence-electron chi connectivity index (χ2n) is 3.10. The number of carbonyl (C=O) groups excluding carboxylic acids is 1. The minimum Gasteiger partial charge on any atom is -0.389 e. The number of hydrogen-bond acceptors (Lipinski definition) is 3. The maximum atomic E-state index is 11.8. The minimum absolute atomic E-state index is 0.0240. The Kier molecular flexibility index (Phi) is 2.97. The van der Waals surface area contributed by atoms with E-state index in [1.165, 1.54) is 11.3 Å². The van der Waals surface area contributed by atoms with E-state index in [1.54, 1.807) is 11.0 Å². The zero-order valence-corrected chi connectivity index (χ0v) is 11.0. The van der Waals surface area contributed by atoms with Gasteiger partial charge in [-0.15, -0.1) is 11.3 Å². The molecule has 1 aromatic heterocycles. The summed E-state index contributed by atoms with van der Waals surface area (Å²) in [5, 5.41) is 9.08. The van der Waals surface area contributed by atoms with Crippen LogP contribution < -0.4 is 0 Å². The van der Waals surface area contributed by atoms with Gasteiger partial charge in [0, 0.05) is 13.1 Å². The van der Waals surface area contributed by atoms with Crippen LogP contribution in [0.3, 0.4) is 0 Å². The highest BCUT2D eigenvalue weighted by molar-refractivity contribution is 9.12. The van der Waals surface area contributed by atoms with Gasteiger partial charge in [-0.3, -0.25) is 4.79 Å². The molecule has 76 valence electrons. The highest BCUT2D eigenvalue weighted by Crippen LogP contribution is 2.33. The number of nitrogens with zero attached hydrogens (tertiary/aromatic N) is 1. The number of amides is 1. The molecule has 0 unspecified atom stereocenters. The first kappa shape index (κ1) is 10.6. The SMILES string of the molecule is O=C(c1cc(Br)sc1Br)N1CC(O)C1. The number of β-amino-alcohol motifs (C(OH)–C–C–N with tert-alkyl or cyclic N) is 1. The van der Waals surface area contributed by atoms with Crippen LogP contribution >= 0.6 is 43.2 Å². The fraction of sp³-hybridized carbons (Fsp3) is 0.375. The van der Waals surface area contributed by atoms with Gasteiger partial charge in [-0.25, -0.2) is 0 Å². The number of aliphatic hydroxyl groups is 1. The molecule has 1 saturated heterocycles. The zero-order valence-electron chi connectivity index (χ0n) is 7.04. The highest BCUT2D eigenvalue weighted by Gasteiger charge is 2.30. The molecule has 2 heterocycles. The molecule has 0 atom stereocenters. The summed E-state index contributed by atoms with van der Waals surface area (Å²) in [5.41, 5.74) is 0.661. The van der Waals surface area contributed by atoms with E-state index in [-0.39, 0.29) is 12.0 Å². The second kappa shape index (κ2) is 3.92. The lowest BCUT2D eigenvalue weighted by Gasteiger charge is -2.35. The van der Waals surface area contributed by atoms with Gasteiger partial charge in [-0.1, -0.05) is 0 Å². The summed E-state index contributed by atoms with van der Waals surface area (Å²) >= 11 is 8.13. The van der Waals surface area contributed by atoms with Crippen molar-refractivity contribution in [1.82, 2.24) is 4.90 Å². The third kappa shape index (κ3) is 1.88. The summed E-state index contributed by atoms with van der Waals surface area (Å²) in [5.74, 6) is -0.0240. The Balaban J connectivity index is 2.15. The smallest absolute Gasteiger partial charge is 0.256 e. The van der Waals surface area contributed by atoms with E-state index in [0.717, 1.165) is 7.57 Å². The molecule has 1 aromatic rings. The minimum atomic E-state index is -0.347. The van der Waals surface area contributed by atoms with Gasteiger partial charge in [0.2, 0.25) is 0 Å². The van der Waals surface area contributed by atoms with Gasteiger partial charge in [0.25, 0.3) is 5.91 Å². The molecule has 3 nitrogen and oxygen atoms in total. The van der Waals surface area contributed by atoms with Crippen LogP contribution in [0, 0.1) is 0 Å². The Morgan fingerprint density at radius 3 is 2.64 bits per heavy atom. The van der Waals surface area contributed by atoms with Gasteiger partial charge in [0.1, 0.15) is 0 Å². The van der Waals surface area contributed by atoms with Gasteiger partial charge >= 0.3 is 0 Å². The van der Waals surface area contributed by atoms with Gasteiger partial charge in [0.05, 0.1) is 19.2 Å². The average Bonchev–Trinajstić information content (AvgIpc) is 2.39. The van der Waals surface area contributed by atoms with Crippen molar-refractivity contribution in [3.05, 3.63) is 19.2 Å². The largest absolute Gasteiger partial charge is 0.389 e. The first-order valence-electron chi connectivity index (χ1n) is 4.00. The number of carbonyl (C=O) groups is 1. The van der Waals surface area contributed by atoms with Crippen molar-refractivity contribution in [3.63, 3.8) is 0 Å². The zero-order chi connectivity index (χ0) is 10.3. The van der Waals surface area contributed by atoms with E-state index in [9.17, 15) is 4.79 Å². The number of rotatable bonds is 1. The van der Waals surface area contributed by atoms with E-state index in [4.69, 9.17) is 5.11 Å². The van der Waals surface area contributed by atoms with E-state index >= 15 is 0 Å². The van der Waals surface area contributed by atoms with Crippen LogP contribution in [0.25, 0.3) is 0 Å². The molecular formula is C8H7Br2NO2S. The molecule has 0 bridgehead atoms.